The standard InChI is InChI=1S/C20H15BrO4/c1-10(2)19-18(23)13-6-7-15-17(20(13)25-19)14(9-16(22)24-15)11-4-3-5-12(21)8-11/h3-8,14H,9H2,1-2H3. The smallest absolute Gasteiger partial charge is 0.312 e. The first kappa shape index (κ1) is 16.1. The summed E-state index contributed by atoms with van der Waals surface area (Å²) in [6.07, 6.45) is 0.210. The molecule has 0 radical (unpaired) electrons. The van der Waals surface area contributed by atoms with Gasteiger partial charge in [-0.05, 0) is 49.2 Å². The topological polar surface area (TPSA) is 52.6 Å². The number of Topliss-reactive ketones (excluding diaryl/α,β-unsaturated/α-hetero) is 1. The van der Waals surface area contributed by atoms with Crippen LogP contribution in [0.2, 0.25) is 0 Å². The maximum atomic E-state index is 12.6. The van der Waals surface area contributed by atoms with Crippen molar-refractivity contribution in [1.29, 1.82) is 0 Å². The van der Waals surface area contributed by atoms with Gasteiger partial charge in [-0.25, -0.2) is 0 Å². The quantitative estimate of drug-likeness (QED) is 0.394. The van der Waals surface area contributed by atoms with Crippen molar-refractivity contribution in [3.8, 4) is 11.5 Å². The average Bonchev–Trinajstić information content (AvgIpc) is 2.91. The summed E-state index contributed by atoms with van der Waals surface area (Å²) in [5, 5.41) is 0. The number of hydrogen-bond donors (Lipinski definition) is 0. The minimum atomic E-state index is -0.288. The summed E-state index contributed by atoms with van der Waals surface area (Å²) in [7, 11) is 0. The molecule has 0 saturated heterocycles. The summed E-state index contributed by atoms with van der Waals surface area (Å²) < 4.78 is 12.3. The van der Waals surface area contributed by atoms with Gasteiger partial charge in [0.25, 0.3) is 0 Å². The number of rotatable bonds is 1. The number of benzene rings is 2. The molecular weight excluding hydrogens is 384 g/mol. The predicted octanol–water partition coefficient (Wildman–Crippen LogP) is 4.76. The highest BCUT2D eigenvalue weighted by Crippen LogP contribution is 2.49. The van der Waals surface area contributed by atoms with E-state index in [0.29, 0.717) is 22.8 Å². The third-order valence-corrected chi connectivity index (χ3v) is 4.95. The van der Waals surface area contributed by atoms with E-state index in [2.05, 4.69) is 15.9 Å². The Morgan fingerprint density at radius 1 is 1.12 bits per heavy atom. The minimum absolute atomic E-state index is 0.123. The van der Waals surface area contributed by atoms with Crippen molar-refractivity contribution >= 4 is 27.7 Å². The first-order valence-electron chi connectivity index (χ1n) is 7.98. The Hall–Kier alpha value is -2.40. The van der Waals surface area contributed by atoms with Crippen molar-refractivity contribution in [3.63, 3.8) is 0 Å². The molecule has 2 aliphatic heterocycles. The number of halogens is 1. The number of ketones is 1. The Morgan fingerprint density at radius 3 is 2.64 bits per heavy atom. The molecule has 25 heavy (non-hydrogen) atoms. The van der Waals surface area contributed by atoms with E-state index in [1.165, 1.54) is 0 Å². The molecule has 0 aliphatic carbocycles. The molecule has 1 unspecified atom stereocenters. The SMILES string of the molecule is CC(C)=C1Oc2c(ccc3c2C(c2cccc(Br)c2)CC(=O)O3)C1=O. The van der Waals surface area contributed by atoms with Crippen molar-refractivity contribution in [2.24, 2.45) is 0 Å². The normalized spacial score (nSPS) is 18.4. The van der Waals surface area contributed by atoms with Gasteiger partial charge in [0.2, 0.25) is 5.78 Å². The predicted molar refractivity (Wildman–Crippen MR) is 96.0 cm³/mol. The molecule has 0 amide bonds. The van der Waals surface area contributed by atoms with Crippen LogP contribution in [0.15, 0.2) is 52.2 Å². The Labute approximate surface area is 153 Å². The van der Waals surface area contributed by atoms with Gasteiger partial charge in [0.1, 0.15) is 11.5 Å². The van der Waals surface area contributed by atoms with Crippen molar-refractivity contribution in [1.82, 2.24) is 0 Å². The van der Waals surface area contributed by atoms with Crippen LogP contribution in [0.3, 0.4) is 0 Å². The van der Waals surface area contributed by atoms with Crippen molar-refractivity contribution < 1.29 is 19.1 Å². The fraction of sp³-hybridized carbons (Fsp3) is 0.200. The van der Waals surface area contributed by atoms with E-state index in [1.807, 2.05) is 38.1 Å². The number of carbonyl (C=O) groups is 2. The molecule has 2 heterocycles. The molecule has 4 nitrogen and oxygen atoms in total. The molecule has 1 atom stereocenters. The van der Waals surface area contributed by atoms with Gasteiger partial charge in [0.05, 0.1) is 12.0 Å². The second kappa shape index (κ2) is 5.85. The maximum Gasteiger partial charge on any atom is 0.312 e. The van der Waals surface area contributed by atoms with Gasteiger partial charge in [-0.2, -0.15) is 0 Å². The van der Waals surface area contributed by atoms with Crippen LogP contribution in [-0.4, -0.2) is 11.8 Å². The van der Waals surface area contributed by atoms with Gasteiger partial charge in [-0.15, -0.1) is 0 Å². The van der Waals surface area contributed by atoms with E-state index in [0.717, 1.165) is 21.2 Å². The molecule has 4 rings (SSSR count). The lowest BCUT2D eigenvalue weighted by Gasteiger charge is -2.26. The van der Waals surface area contributed by atoms with Crippen LogP contribution in [-0.2, 0) is 4.79 Å². The number of allylic oxidation sites excluding steroid dienone is 2. The van der Waals surface area contributed by atoms with Crippen molar-refractivity contribution in [2.75, 3.05) is 0 Å². The largest absolute Gasteiger partial charge is 0.452 e. The fourth-order valence-electron chi connectivity index (χ4n) is 3.33. The highest BCUT2D eigenvalue weighted by atomic mass is 79.9. The second-order valence-corrected chi connectivity index (χ2v) is 7.32. The van der Waals surface area contributed by atoms with Gasteiger partial charge in [0.15, 0.2) is 5.76 Å². The molecule has 0 bridgehead atoms. The van der Waals surface area contributed by atoms with Gasteiger partial charge >= 0.3 is 5.97 Å². The summed E-state index contributed by atoms with van der Waals surface area (Å²) >= 11 is 3.48. The zero-order valence-electron chi connectivity index (χ0n) is 13.8. The second-order valence-electron chi connectivity index (χ2n) is 6.40. The van der Waals surface area contributed by atoms with E-state index in [-0.39, 0.29) is 24.1 Å². The summed E-state index contributed by atoms with van der Waals surface area (Å²) in [5.74, 6) is 0.701. The van der Waals surface area contributed by atoms with Crippen LogP contribution in [0.4, 0.5) is 0 Å². The van der Waals surface area contributed by atoms with Gasteiger partial charge < -0.3 is 9.47 Å². The highest BCUT2D eigenvalue weighted by Gasteiger charge is 2.38. The zero-order valence-corrected chi connectivity index (χ0v) is 15.3. The third kappa shape index (κ3) is 2.59. The van der Waals surface area contributed by atoms with E-state index in [9.17, 15) is 9.59 Å². The first-order chi connectivity index (χ1) is 12.0. The van der Waals surface area contributed by atoms with E-state index in [4.69, 9.17) is 9.47 Å². The lowest BCUT2D eigenvalue weighted by Crippen LogP contribution is -2.21. The molecular formula is C20H15BrO4. The molecule has 0 aromatic heterocycles. The molecule has 0 fully saturated rings. The van der Waals surface area contributed by atoms with Crippen LogP contribution < -0.4 is 9.47 Å². The van der Waals surface area contributed by atoms with E-state index >= 15 is 0 Å². The van der Waals surface area contributed by atoms with Gasteiger partial charge in [0, 0.05) is 16.0 Å². The molecule has 0 N–H and O–H groups in total. The zero-order chi connectivity index (χ0) is 17.7. The van der Waals surface area contributed by atoms with Crippen LogP contribution in [0.5, 0.6) is 11.5 Å². The molecule has 0 saturated carbocycles. The van der Waals surface area contributed by atoms with Crippen LogP contribution in [0.25, 0.3) is 0 Å². The maximum absolute atomic E-state index is 12.6. The van der Waals surface area contributed by atoms with Crippen LogP contribution in [0, 0.1) is 0 Å². The third-order valence-electron chi connectivity index (χ3n) is 4.46. The first-order valence-corrected chi connectivity index (χ1v) is 8.78. The van der Waals surface area contributed by atoms with Gasteiger partial charge in [-0.1, -0.05) is 28.1 Å². The lowest BCUT2D eigenvalue weighted by molar-refractivity contribution is -0.135. The Morgan fingerprint density at radius 2 is 1.92 bits per heavy atom. The average molecular weight is 399 g/mol. The van der Waals surface area contributed by atoms with Crippen molar-refractivity contribution in [2.45, 2.75) is 26.2 Å². The van der Waals surface area contributed by atoms with Crippen LogP contribution in [0.1, 0.15) is 47.7 Å². The molecule has 2 aliphatic rings. The van der Waals surface area contributed by atoms with E-state index < -0.39 is 0 Å². The Kier molecular flexibility index (Phi) is 3.76. The summed E-state index contributed by atoms with van der Waals surface area (Å²) in [6.45, 7) is 3.69. The number of fused-ring (bicyclic) bond motifs is 3. The fourth-order valence-corrected chi connectivity index (χ4v) is 3.75. The lowest BCUT2D eigenvalue weighted by atomic mass is 9.85. The molecule has 5 heteroatoms. The molecule has 126 valence electrons. The summed E-state index contributed by atoms with van der Waals surface area (Å²) in [4.78, 5) is 24.7. The highest BCUT2D eigenvalue weighted by molar-refractivity contribution is 9.10. The molecule has 2 aromatic rings. The minimum Gasteiger partial charge on any atom is -0.452 e. The monoisotopic (exact) mass is 398 g/mol. The van der Waals surface area contributed by atoms with Gasteiger partial charge in [-0.3, -0.25) is 9.59 Å². The Bertz CT molecular complexity index is 954. The molecule has 2 aromatic carbocycles. The Balaban J connectivity index is 1.93. The number of carbonyl (C=O) groups excluding carboxylic acids is 2. The summed E-state index contributed by atoms with van der Waals surface area (Å²) in [5.41, 5.74) is 3.08. The number of hydrogen-bond acceptors (Lipinski definition) is 4. The summed E-state index contributed by atoms with van der Waals surface area (Å²) in [6, 6.07) is 11.2. The van der Waals surface area contributed by atoms with Crippen molar-refractivity contribution in [3.05, 3.63) is 68.9 Å². The number of ether oxygens (including phenoxy) is 2. The van der Waals surface area contributed by atoms with Crippen LogP contribution >= 0.6 is 15.9 Å². The van der Waals surface area contributed by atoms with E-state index in [1.54, 1.807) is 12.1 Å². The molecule has 0 spiro atoms. The number of esters is 1.